The first kappa shape index (κ1) is 18.8. The van der Waals surface area contributed by atoms with E-state index in [-0.39, 0.29) is 11.8 Å². The molecule has 0 bridgehead atoms. The second-order valence-corrected chi connectivity index (χ2v) is 6.62. The highest BCUT2D eigenvalue weighted by atomic mass is 19.1. The lowest BCUT2D eigenvalue weighted by Gasteiger charge is -2.33. The average molecular weight is 373 g/mol. The molecule has 2 aromatic rings. The largest absolute Gasteiger partial charge is 0.338 e. The Balaban J connectivity index is 1.51. The van der Waals surface area contributed by atoms with Crippen LogP contribution in [0.2, 0.25) is 0 Å². The van der Waals surface area contributed by atoms with Crippen LogP contribution in [0.5, 0.6) is 0 Å². The number of nitrogens with one attached hydrogen (secondary N) is 2. The Labute approximate surface area is 156 Å². The molecule has 1 atom stereocenters. The highest BCUT2D eigenvalue weighted by molar-refractivity contribution is 5.94. The number of nitrogens with zero attached hydrogens (tertiary/aromatic N) is 1. The standard InChI is InChI=1S/C20H21F2N3O2/c21-16-6-1-5-15(10-16)19(26)25-9-3-4-14(13-25)12-23-20(27)24-18-8-2-7-17(22)11-18/h1-2,5-8,10-11,14H,3-4,9,12-13H2,(H2,23,24,27). The van der Waals surface area contributed by atoms with E-state index in [0.717, 1.165) is 12.8 Å². The first-order chi connectivity index (χ1) is 13.0. The quantitative estimate of drug-likeness (QED) is 0.860. The SMILES string of the molecule is O=C(NCC1CCCN(C(=O)c2cccc(F)c2)C1)Nc1cccc(F)c1. The van der Waals surface area contributed by atoms with Gasteiger partial charge in [-0.3, -0.25) is 4.79 Å². The Kier molecular flexibility index (Phi) is 6.01. The lowest BCUT2D eigenvalue weighted by Crippen LogP contribution is -2.44. The van der Waals surface area contributed by atoms with Crippen LogP contribution in [0.15, 0.2) is 48.5 Å². The molecule has 142 valence electrons. The molecular weight excluding hydrogens is 352 g/mol. The molecule has 1 saturated heterocycles. The summed E-state index contributed by atoms with van der Waals surface area (Å²) >= 11 is 0. The van der Waals surface area contributed by atoms with E-state index in [1.165, 1.54) is 36.4 Å². The number of piperidine rings is 1. The molecule has 3 rings (SSSR count). The van der Waals surface area contributed by atoms with E-state index in [2.05, 4.69) is 10.6 Å². The second-order valence-electron chi connectivity index (χ2n) is 6.62. The summed E-state index contributed by atoms with van der Waals surface area (Å²) in [6.45, 7) is 1.50. The highest BCUT2D eigenvalue weighted by Crippen LogP contribution is 2.19. The van der Waals surface area contributed by atoms with Gasteiger partial charge in [0, 0.05) is 30.9 Å². The van der Waals surface area contributed by atoms with Crippen molar-refractivity contribution in [2.24, 2.45) is 5.92 Å². The summed E-state index contributed by atoms with van der Waals surface area (Å²) in [6.07, 6.45) is 1.70. The van der Waals surface area contributed by atoms with Crippen LogP contribution in [0.3, 0.4) is 0 Å². The van der Waals surface area contributed by atoms with Crippen LogP contribution in [-0.2, 0) is 0 Å². The molecule has 7 heteroatoms. The maximum Gasteiger partial charge on any atom is 0.319 e. The number of anilines is 1. The molecule has 0 aliphatic carbocycles. The van der Waals surface area contributed by atoms with Gasteiger partial charge in [-0.1, -0.05) is 12.1 Å². The van der Waals surface area contributed by atoms with Crippen molar-refractivity contribution in [3.8, 4) is 0 Å². The summed E-state index contributed by atoms with van der Waals surface area (Å²) in [5.41, 5.74) is 0.700. The predicted molar refractivity (Wildman–Crippen MR) is 98.4 cm³/mol. The summed E-state index contributed by atoms with van der Waals surface area (Å²) in [4.78, 5) is 26.2. The topological polar surface area (TPSA) is 61.4 Å². The lowest BCUT2D eigenvalue weighted by atomic mass is 9.97. The first-order valence-corrected chi connectivity index (χ1v) is 8.86. The van der Waals surface area contributed by atoms with Gasteiger partial charge in [0.2, 0.25) is 0 Å². The zero-order valence-electron chi connectivity index (χ0n) is 14.8. The zero-order chi connectivity index (χ0) is 19.2. The second kappa shape index (κ2) is 8.62. The average Bonchev–Trinajstić information content (AvgIpc) is 2.66. The summed E-state index contributed by atoms with van der Waals surface area (Å²) < 4.78 is 26.5. The molecule has 0 saturated carbocycles. The number of benzene rings is 2. The predicted octanol–water partition coefficient (Wildman–Crippen LogP) is 3.64. The van der Waals surface area contributed by atoms with E-state index in [1.54, 1.807) is 17.0 Å². The van der Waals surface area contributed by atoms with E-state index in [1.807, 2.05) is 0 Å². The molecule has 2 N–H and O–H groups in total. The maximum atomic E-state index is 13.3. The van der Waals surface area contributed by atoms with Gasteiger partial charge in [-0.05, 0) is 55.2 Å². The van der Waals surface area contributed by atoms with Gasteiger partial charge >= 0.3 is 6.03 Å². The lowest BCUT2D eigenvalue weighted by molar-refractivity contribution is 0.0674. The van der Waals surface area contributed by atoms with Gasteiger partial charge < -0.3 is 15.5 Å². The minimum atomic E-state index is -0.440. The number of likely N-dealkylation sites (tertiary alicyclic amines) is 1. The van der Waals surface area contributed by atoms with Crippen LogP contribution in [0.25, 0.3) is 0 Å². The van der Waals surface area contributed by atoms with Crippen LogP contribution >= 0.6 is 0 Å². The summed E-state index contributed by atoms with van der Waals surface area (Å²) in [7, 11) is 0. The van der Waals surface area contributed by atoms with Crippen molar-refractivity contribution in [1.82, 2.24) is 10.2 Å². The third-order valence-corrected chi connectivity index (χ3v) is 4.51. The fraction of sp³-hybridized carbons (Fsp3) is 0.300. The number of urea groups is 1. The molecule has 2 aromatic carbocycles. The normalized spacial score (nSPS) is 16.7. The van der Waals surface area contributed by atoms with Crippen molar-refractivity contribution in [3.05, 3.63) is 65.7 Å². The van der Waals surface area contributed by atoms with Gasteiger partial charge in [0.1, 0.15) is 11.6 Å². The minimum absolute atomic E-state index is 0.106. The molecule has 0 spiro atoms. The minimum Gasteiger partial charge on any atom is -0.338 e. The van der Waals surface area contributed by atoms with Crippen molar-refractivity contribution in [2.75, 3.05) is 25.0 Å². The van der Waals surface area contributed by atoms with E-state index in [9.17, 15) is 18.4 Å². The first-order valence-electron chi connectivity index (χ1n) is 8.86. The Bertz CT molecular complexity index is 828. The number of carbonyl (C=O) groups is 2. The van der Waals surface area contributed by atoms with Gasteiger partial charge in [0.05, 0.1) is 0 Å². The Hall–Kier alpha value is -2.96. The molecule has 27 heavy (non-hydrogen) atoms. The summed E-state index contributed by atoms with van der Waals surface area (Å²) in [5.74, 6) is -0.963. The summed E-state index contributed by atoms with van der Waals surface area (Å²) in [6, 6.07) is 10.9. The molecule has 3 amide bonds. The molecule has 1 unspecified atom stereocenters. The van der Waals surface area contributed by atoms with E-state index in [0.29, 0.717) is 30.9 Å². The van der Waals surface area contributed by atoms with Gasteiger partial charge in [-0.2, -0.15) is 0 Å². The van der Waals surface area contributed by atoms with Crippen molar-refractivity contribution in [1.29, 1.82) is 0 Å². The fourth-order valence-corrected chi connectivity index (χ4v) is 3.20. The van der Waals surface area contributed by atoms with Crippen molar-refractivity contribution in [2.45, 2.75) is 12.8 Å². The van der Waals surface area contributed by atoms with E-state index >= 15 is 0 Å². The van der Waals surface area contributed by atoms with Crippen molar-refractivity contribution >= 4 is 17.6 Å². The number of hydrogen-bond acceptors (Lipinski definition) is 2. The Morgan fingerprint density at radius 3 is 2.56 bits per heavy atom. The van der Waals surface area contributed by atoms with Gasteiger partial charge in [-0.15, -0.1) is 0 Å². The molecule has 1 aliphatic rings. The molecule has 0 aromatic heterocycles. The number of rotatable bonds is 4. The number of amides is 3. The number of halogens is 2. The third-order valence-electron chi connectivity index (χ3n) is 4.51. The molecule has 0 radical (unpaired) electrons. The van der Waals surface area contributed by atoms with Crippen LogP contribution in [0.1, 0.15) is 23.2 Å². The van der Waals surface area contributed by atoms with Crippen LogP contribution < -0.4 is 10.6 Å². The Morgan fingerprint density at radius 2 is 1.81 bits per heavy atom. The van der Waals surface area contributed by atoms with Gasteiger partial charge in [-0.25, -0.2) is 13.6 Å². The van der Waals surface area contributed by atoms with Crippen LogP contribution in [-0.4, -0.2) is 36.5 Å². The summed E-state index contributed by atoms with van der Waals surface area (Å²) in [5, 5.41) is 5.33. The zero-order valence-corrected chi connectivity index (χ0v) is 14.8. The van der Waals surface area contributed by atoms with E-state index in [4.69, 9.17) is 0 Å². The smallest absolute Gasteiger partial charge is 0.319 e. The molecule has 5 nitrogen and oxygen atoms in total. The van der Waals surface area contributed by atoms with E-state index < -0.39 is 17.7 Å². The van der Waals surface area contributed by atoms with Gasteiger partial charge in [0.25, 0.3) is 5.91 Å². The molecule has 1 aliphatic heterocycles. The molecule has 1 heterocycles. The molecular formula is C20H21F2N3O2. The Morgan fingerprint density at radius 1 is 1.07 bits per heavy atom. The van der Waals surface area contributed by atoms with Crippen molar-refractivity contribution < 1.29 is 18.4 Å². The number of hydrogen-bond donors (Lipinski definition) is 2. The van der Waals surface area contributed by atoms with Crippen LogP contribution in [0.4, 0.5) is 19.3 Å². The van der Waals surface area contributed by atoms with Crippen molar-refractivity contribution in [3.63, 3.8) is 0 Å². The van der Waals surface area contributed by atoms with Gasteiger partial charge in [0.15, 0.2) is 0 Å². The van der Waals surface area contributed by atoms with Crippen LogP contribution in [0, 0.1) is 17.6 Å². The number of carbonyl (C=O) groups excluding carboxylic acids is 2. The third kappa shape index (κ3) is 5.26. The maximum absolute atomic E-state index is 13.3. The fourth-order valence-electron chi connectivity index (χ4n) is 3.20. The highest BCUT2D eigenvalue weighted by Gasteiger charge is 2.25. The molecule has 1 fully saturated rings. The monoisotopic (exact) mass is 373 g/mol.